The number of benzene rings is 4. The van der Waals surface area contributed by atoms with Crippen LogP contribution in [0, 0.1) is 5.41 Å². The minimum Gasteiger partial charge on any atom is -0.493 e. The lowest BCUT2D eigenvalue weighted by molar-refractivity contribution is -0.139. The summed E-state index contributed by atoms with van der Waals surface area (Å²) in [4.78, 5) is 24.1. The molecule has 298 valence electrons. The van der Waals surface area contributed by atoms with Gasteiger partial charge in [0.15, 0.2) is 0 Å². The Balaban J connectivity index is 1.60. The number of unbranched alkanes of at least 4 members (excludes halogenated alkanes) is 2. The number of ether oxygens (including phenoxy) is 3. The quantitative estimate of drug-likeness (QED) is 0.0441. The lowest BCUT2D eigenvalue weighted by Crippen LogP contribution is -2.28. The van der Waals surface area contributed by atoms with Gasteiger partial charge in [-0.3, -0.25) is 0 Å². The van der Waals surface area contributed by atoms with Crippen LogP contribution >= 0.6 is 0 Å². The van der Waals surface area contributed by atoms with E-state index in [2.05, 4.69) is 105 Å². The van der Waals surface area contributed by atoms with E-state index in [9.17, 15) is 19.8 Å². The first-order valence-electron chi connectivity index (χ1n) is 19.9. The highest BCUT2D eigenvalue weighted by molar-refractivity contribution is 5.87. The van der Waals surface area contributed by atoms with Gasteiger partial charge >= 0.3 is 11.9 Å². The summed E-state index contributed by atoms with van der Waals surface area (Å²) in [6.07, 6.45) is 7.58. The molecule has 56 heavy (non-hydrogen) atoms. The standard InChI is InChI=1S/C49H60O7/c1-7-8-9-12-37-15-17-38(18-16-37)39-19-21-40(22-20-39)41-23-25-42(26-24-41)45-31-43(13-10-28-55-47(52)35(2)3)46(54-30-27-49(6,33-50)34-51)44(32-45)14-11-29-56-48(53)36(4)5/h15-26,31-32,50-51H,2,4,7-14,27-30,33-34H2,1,3,5-6H3. The smallest absolute Gasteiger partial charge is 0.333 e. The van der Waals surface area contributed by atoms with E-state index in [0.717, 1.165) is 39.8 Å². The van der Waals surface area contributed by atoms with Crippen LogP contribution in [0.3, 0.4) is 0 Å². The van der Waals surface area contributed by atoms with Gasteiger partial charge in [0.25, 0.3) is 0 Å². The lowest BCUT2D eigenvalue weighted by atomic mass is 9.89. The molecular weight excluding hydrogens is 701 g/mol. The number of carbonyl (C=O) groups is 2. The summed E-state index contributed by atoms with van der Waals surface area (Å²) in [6.45, 7) is 15.1. The second kappa shape index (κ2) is 21.9. The summed E-state index contributed by atoms with van der Waals surface area (Å²) < 4.78 is 17.3. The topological polar surface area (TPSA) is 102 Å². The predicted molar refractivity (Wildman–Crippen MR) is 227 cm³/mol. The minimum atomic E-state index is -0.686. The van der Waals surface area contributed by atoms with Crippen molar-refractivity contribution in [2.75, 3.05) is 33.0 Å². The van der Waals surface area contributed by atoms with E-state index in [1.807, 2.05) is 6.92 Å². The van der Waals surface area contributed by atoms with Crippen molar-refractivity contribution in [1.82, 2.24) is 0 Å². The van der Waals surface area contributed by atoms with Crippen molar-refractivity contribution in [3.05, 3.63) is 126 Å². The molecule has 0 radical (unpaired) electrons. The molecule has 0 saturated heterocycles. The SMILES string of the molecule is C=C(C)C(=O)OCCCc1cc(-c2ccc(-c3ccc(-c4ccc(CCCCC)cc4)cc3)cc2)cc(CCCOC(=O)C(=C)C)c1OCCC(C)(CO)CO. The molecule has 0 spiro atoms. The van der Waals surface area contributed by atoms with E-state index in [1.54, 1.807) is 13.8 Å². The zero-order chi connectivity index (χ0) is 40.5. The van der Waals surface area contributed by atoms with Crippen molar-refractivity contribution < 1.29 is 34.0 Å². The molecule has 0 fully saturated rings. The maximum atomic E-state index is 12.1. The third-order valence-electron chi connectivity index (χ3n) is 10.1. The van der Waals surface area contributed by atoms with E-state index >= 15 is 0 Å². The zero-order valence-electron chi connectivity index (χ0n) is 33.8. The van der Waals surface area contributed by atoms with E-state index in [1.165, 1.54) is 36.0 Å². The number of hydrogen-bond acceptors (Lipinski definition) is 7. The van der Waals surface area contributed by atoms with Crippen LogP contribution in [-0.2, 0) is 38.3 Å². The molecule has 7 heteroatoms. The largest absolute Gasteiger partial charge is 0.493 e. The average molecular weight is 761 g/mol. The second-order valence-electron chi connectivity index (χ2n) is 15.2. The van der Waals surface area contributed by atoms with Crippen LogP contribution in [0.2, 0.25) is 0 Å². The fraction of sp³-hybridized carbons (Fsp3) is 0.388. The van der Waals surface area contributed by atoms with Gasteiger partial charge in [-0.05, 0) is 121 Å². The van der Waals surface area contributed by atoms with Gasteiger partial charge < -0.3 is 24.4 Å². The molecule has 0 aliphatic heterocycles. The molecule has 0 unspecified atom stereocenters. The van der Waals surface area contributed by atoms with E-state index < -0.39 is 17.4 Å². The van der Waals surface area contributed by atoms with Gasteiger partial charge in [0.05, 0.1) is 33.0 Å². The Hall–Kier alpha value is -4.98. The number of rotatable bonds is 23. The Morgan fingerprint density at radius 2 is 1.00 bits per heavy atom. The molecule has 0 aromatic heterocycles. The fourth-order valence-electron chi connectivity index (χ4n) is 6.34. The molecule has 0 aliphatic carbocycles. The highest BCUT2D eigenvalue weighted by atomic mass is 16.5. The van der Waals surface area contributed by atoms with Crippen molar-refractivity contribution in [3.63, 3.8) is 0 Å². The maximum Gasteiger partial charge on any atom is 0.333 e. The first kappa shape index (κ1) is 43.7. The van der Waals surface area contributed by atoms with Crippen molar-refractivity contribution >= 4 is 11.9 Å². The van der Waals surface area contributed by atoms with Crippen molar-refractivity contribution in [2.24, 2.45) is 5.41 Å². The molecule has 4 aromatic carbocycles. The van der Waals surface area contributed by atoms with Crippen LogP contribution in [0.15, 0.2) is 109 Å². The number of carbonyl (C=O) groups excluding carboxylic acids is 2. The van der Waals surface area contributed by atoms with Crippen LogP contribution in [0.5, 0.6) is 5.75 Å². The number of hydrogen-bond donors (Lipinski definition) is 2. The molecular formula is C49H60O7. The first-order chi connectivity index (χ1) is 27.0. The number of aliphatic hydroxyl groups excluding tert-OH is 2. The molecule has 0 saturated carbocycles. The molecule has 0 atom stereocenters. The number of aryl methyl sites for hydroxylation is 3. The maximum absolute atomic E-state index is 12.1. The normalized spacial score (nSPS) is 11.2. The summed E-state index contributed by atoms with van der Waals surface area (Å²) in [7, 11) is 0. The van der Waals surface area contributed by atoms with E-state index in [4.69, 9.17) is 14.2 Å². The first-order valence-corrected chi connectivity index (χ1v) is 19.9. The van der Waals surface area contributed by atoms with E-state index in [0.29, 0.717) is 49.0 Å². The molecule has 0 bridgehead atoms. The van der Waals surface area contributed by atoms with Crippen LogP contribution in [-0.4, -0.2) is 55.2 Å². The molecule has 7 nitrogen and oxygen atoms in total. The van der Waals surface area contributed by atoms with Gasteiger partial charge in [0, 0.05) is 16.6 Å². The highest BCUT2D eigenvalue weighted by Crippen LogP contribution is 2.35. The average Bonchev–Trinajstić information content (AvgIpc) is 3.21. The minimum absolute atomic E-state index is 0.166. The van der Waals surface area contributed by atoms with Gasteiger partial charge in [-0.15, -0.1) is 0 Å². The Morgan fingerprint density at radius 1 is 0.589 bits per heavy atom. The second-order valence-corrected chi connectivity index (χ2v) is 15.2. The monoisotopic (exact) mass is 760 g/mol. The molecule has 2 N–H and O–H groups in total. The highest BCUT2D eigenvalue weighted by Gasteiger charge is 2.23. The Kier molecular flexibility index (Phi) is 17.1. The zero-order valence-corrected chi connectivity index (χ0v) is 33.8. The summed E-state index contributed by atoms with van der Waals surface area (Å²) in [6, 6.07) is 30.4. The van der Waals surface area contributed by atoms with Crippen molar-refractivity contribution in [3.8, 4) is 39.1 Å². The van der Waals surface area contributed by atoms with Crippen LogP contribution in [0.25, 0.3) is 33.4 Å². The molecule has 4 aromatic rings. The van der Waals surface area contributed by atoms with Crippen LogP contribution < -0.4 is 4.74 Å². The number of esters is 2. The van der Waals surface area contributed by atoms with Crippen molar-refractivity contribution in [1.29, 1.82) is 0 Å². The van der Waals surface area contributed by atoms with Gasteiger partial charge in [0.2, 0.25) is 0 Å². The van der Waals surface area contributed by atoms with Gasteiger partial charge in [-0.25, -0.2) is 9.59 Å². The third-order valence-corrected chi connectivity index (χ3v) is 10.1. The van der Waals surface area contributed by atoms with Gasteiger partial charge in [-0.2, -0.15) is 0 Å². The Bertz CT molecular complexity index is 1830. The Labute approximate surface area is 334 Å². The number of aliphatic hydroxyl groups is 2. The van der Waals surface area contributed by atoms with Crippen molar-refractivity contribution in [2.45, 2.75) is 85.5 Å². The molecule has 4 rings (SSSR count). The molecule has 0 heterocycles. The van der Waals surface area contributed by atoms with Gasteiger partial charge in [-0.1, -0.05) is 113 Å². The Morgan fingerprint density at radius 3 is 1.39 bits per heavy atom. The summed E-state index contributed by atoms with van der Waals surface area (Å²) in [5.41, 5.74) is 9.99. The molecule has 0 amide bonds. The fourth-order valence-corrected chi connectivity index (χ4v) is 6.34. The summed E-state index contributed by atoms with van der Waals surface area (Å²) >= 11 is 0. The lowest BCUT2D eigenvalue weighted by Gasteiger charge is -2.25. The third kappa shape index (κ3) is 13.1. The molecule has 0 aliphatic rings. The summed E-state index contributed by atoms with van der Waals surface area (Å²) in [5, 5.41) is 19.8. The summed E-state index contributed by atoms with van der Waals surface area (Å²) in [5.74, 6) is -0.129. The van der Waals surface area contributed by atoms with E-state index in [-0.39, 0.29) is 33.0 Å². The predicted octanol–water partition coefficient (Wildman–Crippen LogP) is 10.3. The van der Waals surface area contributed by atoms with Crippen LogP contribution in [0.1, 0.15) is 82.9 Å². The van der Waals surface area contributed by atoms with Gasteiger partial charge in [0.1, 0.15) is 5.75 Å². The van der Waals surface area contributed by atoms with Crippen LogP contribution in [0.4, 0.5) is 0 Å².